The number of phenolic OH excluding ortho intramolecular Hbond substituents is 1. The fourth-order valence-corrected chi connectivity index (χ4v) is 1.23. The lowest BCUT2D eigenvalue weighted by Crippen LogP contribution is -1.98. The largest absolute Gasteiger partial charge is 0.507 e. The number of hydrogen-bond acceptors (Lipinski definition) is 2. The molecule has 2 nitrogen and oxygen atoms in total. The summed E-state index contributed by atoms with van der Waals surface area (Å²) in [5.41, 5.74) is 0.00130. The van der Waals surface area contributed by atoms with E-state index in [9.17, 15) is 18.7 Å². The lowest BCUT2D eigenvalue weighted by atomic mass is 10.0. The first-order valence-electron chi connectivity index (χ1n) is 4.06. The topological polar surface area (TPSA) is 37.3 Å². The molecule has 0 spiro atoms. The zero-order valence-corrected chi connectivity index (χ0v) is 7.84. The lowest BCUT2D eigenvalue weighted by Gasteiger charge is -2.08. The van der Waals surface area contributed by atoms with Gasteiger partial charge in [0.15, 0.2) is 5.78 Å². The number of rotatable bonds is 2. The Morgan fingerprint density at radius 1 is 1.43 bits per heavy atom. The van der Waals surface area contributed by atoms with E-state index in [1.165, 1.54) is 19.9 Å². The van der Waals surface area contributed by atoms with E-state index >= 15 is 0 Å². The maximum atomic E-state index is 12.4. The Morgan fingerprint density at radius 2 is 2.00 bits per heavy atom. The molecule has 0 heterocycles. The summed E-state index contributed by atoms with van der Waals surface area (Å²) in [5, 5.41) is 9.30. The highest BCUT2D eigenvalue weighted by atomic mass is 19.3. The summed E-state index contributed by atoms with van der Waals surface area (Å²) >= 11 is 0. The molecule has 1 aromatic carbocycles. The molecular weight excluding hydrogens is 190 g/mol. The molecule has 0 fully saturated rings. The van der Waals surface area contributed by atoms with Crippen molar-refractivity contribution in [2.45, 2.75) is 20.3 Å². The molecule has 0 aromatic heterocycles. The van der Waals surface area contributed by atoms with Gasteiger partial charge in [-0.3, -0.25) is 4.79 Å². The Labute approximate surface area is 80.2 Å². The Kier molecular flexibility index (Phi) is 2.84. The number of carbonyl (C=O) groups excluding carboxylic acids is 1. The second-order valence-corrected chi connectivity index (χ2v) is 3.08. The van der Waals surface area contributed by atoms with Gasteiger partial charge in [0.05, 0.1) is 5.56 Å². The van der Waals surface area contributed by atoms with Crippen LogP contribution in [-0.4, -0.2) is 10.9 Å². The minimum absolute atomic E-state index is 0.0640. The number of alkyl halides is 2. The van der Waals surface area contributed by atoms with Crippen molar-refractivity contribution < 1.29 is 18.7 Å². The SMILES string of the molecule is CC(=O)c1cc(C(F)F)c(C)cc1O. The first-order valence-corrected chi connectivity index (χ1v) is 4.06. The van der Waals surface area contributed by atoms with Crippen molar-refractivity contribution in [1.29, 1.82) is 0 Å². The van der Waals surface area contributed by atoms with E-state index in [2.05, 4.69) is 0 Å². The zero-order valence-electron chi connectivity index (χ0n) is 7.84. The van der Waals surface area contributed by atoms with Gasteiger partial charge in [0, 0.05) is 5.56 Å². The standard InChI is InChI=1S/C10H10F2O2/c1-5-3-9(14)8(6(2)13)4-7(5)10(11)12/h3-4,10,14H,1-2H3. The molecule has 0 amide bonds. The molecule has 0 aliphatic rings. The molecule has 1 aromatic rings. The van der Waals surface area contributed by atoms with Crippen molar-refractivity contribution in [1.82, 2.24) is 0 Å². The molecule has 76 valence electrons. The summed E-state index contributed by atoms with van der Waals surface area (Å²) in [5.74, 6) is -0.677. The predicted molar refractivity (Wildman–Crippen MR) is 47.8 cm³/mol. The van der Waals surface area contributed by atoms with E-state index < -0.39 is 12.2 Å². The van der Waals surface area contributed by atoms with Crippen LogP contribution in [0.2, 0.25) is 0 Å². The molecule has 0 bridgehead atoms. The molecule has 0 radical (unpaired) electrons. The average Bonchev–Trinajstić information content (AvgIpc) is 2.02. The van der Waals surface area contributed by atoms with E-state index in [0.29, 0.717) is 0 Å². The Hall–Kier alpha value is -1.45. The molecule has 1 N–H and O–H groups in total. The van der Waals surface area contributed by atoms with Crippen LogP contribution in [0.4, 0.5) is 8.78 Å². The zero-order chi connectivity index (χ0) is 10.9. The van der Waals surface area contributed by atoms with Crippen molar-refractivity contribution >= 4 is 5.78 Å². The summed E-state index contributed by atoms with van der Waals surface area (Å²) in [6.45, 7) is 2.69. The first kappa shape index (κ1) is 10.6. The molecule has 0 atom stereocenters. The number of Topliss-reactive ketones (excluding diaryl/α,β-unsaturated/α-hetero) is 1. The second kappa shape index (κ2) is 3.74. The number of phenols is 1. The Bertz CT molecular complexity index is 373. The van der Waals surface area contributed by atoms with Gasteiger partial charge in [-0.2, -0.15) is 0 Å². The number of carbonyl (C=O) groups is 1. The maximum absolute atomic E-state index is 12.4. The minimum Gasteiger partial charge on any atom is -0.507 e. The van der Waals surface area contributed by atoms with Crippen molar-refractivity contribution in [2.75, 3.05) is 0 Å². The van der Waals surface area contributed by atoms with Gasteiger partial charge in [-0.1, -0.05) is 0 Å². The highest BCUT2D eigenvalue weighted by molar-refractivity contribution is 5.97. The van der Waals surface area contributed by atoms with Crippen LogP contribution in [0.3, 0.4) is 0 Å². The number of hydrogen-bond donors (Lipinski definition) is 1. The third-order valence-electron chi connectivity index (χ3n) is 2.00. The molecule has 0 saturated carbocycles. The average molecular weight is 200 g/mol. The van der Waals surface area contributed by atoms with Crippen LogP contribution >= 0.6 is 0 Å². The normalized spacial score (nSPS) is 10.6. The van der Waals surface area contributed by atoms with Gasteiger partial charge in [0.1, 0.15) is 5.75 Å². The number of ketones is 1. The van der Waals surface area contributed by atoms with E-state index in [0.717, 1.165) is 6.07 Å². The third kappa shape index (κ3) is 1.89. The number of aromatic hydroxyl groups is 1. The molecule has 0 aliphatic heterocycles. The van der Waals surface area contributed by atoms with Gasteiger partial charge in [-0.15, -0.1) is 0 Å². The molecule has 0 aliphatic carbocycles. The van der Waals surface area contributed by atoms with Crippen LogP contribution in [0.1, 0.15) is 34.8 Å². The second-order valence-electron chi connectivity index (χ2n) is 3.08. The summed E-state index contributed by atoms with van der Waals surface area (Å²) in [7, 11) is 0. The van der Waals surface area contributed by atoms with Crippen LogP contribution in [-0.2, 0) is 0 Å². The van der Waals surface area contributed by atoms with Gasteiger partial charge in [0.25, 0.3) is 6.43 Å². The molecule has 14 heavy (non-hydrogen) atoms. The van der Waals surface area contributed by atoms with E-state index in [1.54, 1.807) is 0 Å². The first-order chi connectivity index (χ1) is 6.43. The predicted octanol–water partition coefficient (Wildman–Crippen LogP) is 2.84. The highest BCUT2D eigenvalue weighted by Gasteiger charge is 2.15. The maximum Gasteiger partial charge on any atom is 0.264 e. The fourth-order valence-electron chi connectivity index (χ4n) is 1.23. The number of halogens is 2. The Balaban J connectivity index is 3.34. The van der Waals surface area contributed by atoms with Crippen LogP contribution in [0.25, 0.3) is 0 Å². The number of aryl methyl sites for hydroxylation is 1. The minimum atomic E-state index is -2.63. The molecule has 1 rings (SSSR count). The Morgan fingerprint density at radius 3 is 2.43 bits per heavy atom. The van der Waals surface area contributed by atoms with Gasteiger partial charge in [-0.05, 0) is 31.5 Å². The van der Waals surface area contributed by atoms with Crippen molar-refractivity contribution in [3.05, 3.63) is 28.8 Å². The summed E-state index contributed by atoms with van der Waals surface area (Å²) < 4.78 is 24.8. The molecular formula is C10H10F2O2. The van der Waals surface area contributed by atoms with Gasteiger partial charge >= 0.3 is 0 Å². The fraction of sp³-hybridized carbons (Fsp3) is 0.300. The van der Waals surface area contributed by atoms with Crippen LogP contribution < -0.4 is 0 Å². The van der Waals surface area contributed by atoms with Crippen molar-refractivity contribution in [3.8, 4) is 5.75 Å². The highest BCUT2D eigenvalue weighted by Crippen LogP contribution is 2.29. The molecule has 4 heteroatoms. The third-order valence-corrected chi connectivity index (χ3v) is 2.00. The quantitative estimate of drug-likeness (QED) is 0.745. The lowest BCUT2D eigenvalue weighted by molar-refractivity contribution is 0.101. The van der Waals surface area contributed by atoms with Gasteiger partial charge in [0.2, 0.25) is 0 Å². The summed E-state index contributed by atoms with van der Waals surface area (Å²) in [6.07, 6.45) is -2.63. The van der Waals surface area contributed by atoms with Crippen LogP contribution in [0.5, 0.6) is 5.75 Å². The molecule has 0 unspecified atom stereocenters. The van der Waals surface area contributed by atoms with Gasteiger partial charge in [-0.25, -0.2) is 8.78 Å². The van der Waals surface area contributed by atoms with E-state index in [-0.39, 0.29) is 22.4 Å². The number of benzene rings is 1. The van der Waals surface area contributed by atoms with Gasteiger partial charge < -0.3 is 5.11 Å². The van der Waals surface area contributed by atoms with E-state index in [1.807, 2.05) is 0 Å². The van der Waals surface area contributed by atoms with E-state index in [4.69, 9.17) is 0 Å². The van der Waals surface area contributed by atoms with Crippen LogP contribution in [0.15, 0.2) is 12.1 Å². The smallest absolute Gasteiger partial charge is 0.264 e. The van der Waals surface area contributed by atoms with Crippen LogP contribution in [0, 0.1) is 6.92 Å². The van der Waals surface area contributed by atoms with Crippen molar-refractivity contribution in [3.63, 3.8) is 0 Å². The summed E-state index contributed by atoms with van der Waals surface area (Å²) in [4.78, 5) is 10.9. The molecule has 0 saturated heterocycles. The van der Waals surface area contributed by atoms with Crippen molar-refractivity contribution in [2.24, 2.45) is 0 Å². The monoisotopic (exact) mass is 200 g/mol. The summed E-state index contributed by atoms with van der Waals surface area (Å²) in [6, 6.07) is 2.22.